The summed E-state index contributed by atoms with van der Waals surface area (Å²) < 4.78 is 5.19. The molecule has 2 aromatic rings. The van der Waals surface area contributed by atoms with Gasteiger partial charge in [0.2, 0.25) is 5.91 Å². The number of ether oxygens (including phenoxy) is 1. The van der Waals surface area contributed by atoms with Crippen molar-refractivity contribution in [3.05, 3.63) is 71.7 Å². The van der Waals surface area contributed by atoms with Gasteiger partial charge in [0.25, 0.3) is 0 Å². The van der Waals surface area contributed by atoms with Gasteiger partial charge in [-0.15, -0.1) is 0 Å². The van der Waals surface area contributed by atoms with E-state index in [0.717, 1.165) is 24.5 Å². The number of nitrogens with two attached hydrogens (primary N) is 1. The number of carbonyl (C=O) groups is 1. The number of nitrogens with one attached hydrogen (secondary N) is 2. The molecule has 4 N–H and O–H groups in total. The number of nitrogens with zero attached hydrogens (tertiary/aromatic N) is 1. The van der Waals surface area contributed by atoms with Crippen molar-refractivity contribution >= 4 is 29.5 Å². The number of amides is 1. The topological polar surface area (TPSA) is 101 Å². The Morgan fingerprint density at radius 1 is 1.27 bits per heavy atom. The van der Waals surface area contributed by atoms with Crippen LogP contribution in [-0.2, 0) is 9.53 Å². The van der Waals surface area contributed by atoms with Crippen LogP contribution in [0.3, 0.4) is 0 Å². The highest BCUT2D eigenvalue weighted by Crippen LogP contribution is 2.25. The second kappa shape index (κ2) is 8.22. The van der Waals surface area contributed by atoms with Crippen molar-refractivity contribution in [1.82, 2.24) is 4.98 Å². The van der Waals surface area contributed by atoms with Crippen LogP contribution in [0.5, 0.6) is 0 Å². The number of benzene rings is 1. The van der Waals surface area contributed by atoms with Crippen molar-refractivity contribution in [2.45, 2.75) is 5.92 Å². The third-order valence-electron chi connectivity index (χ3n) is 4.20. The molecule has 0 atom stereocenters. The Balaban J connectivity index is 1.67. The van der Waals surface area contributed by atoms with Gasteiger partial charge in [0.15, 0.2) is 0 Å². The molecule has 0 unspecified atom stereocenters. The fraction of sp³-hybridized carbons (Fsp3) is 0.150. The van der Waals surface area contributed by atoms with Crippen LogP contribution in [0, 0.1) is 5.41 Å². The highest BCUT2D eigenvalue weighted by Gasteiger charge is 2.19. The van der Waals surface area contributed by atoms with Crippen LogP contribution in [0.15, 0.2) is 55.0 Å². The monoisotopic (exact) mass is 348 g/mol. The van der Waals surface area contributed by atoms with E-state index < -0.39 is 0 Å². The molecule has 1 aliphatic rings. The molecule has 0 saturated carbocycles. The average Bonchev–Trinajstić information content (AvgIpc) is 2.62. The molecule has 1 saturated heterocycles. The van der Waals surface area contributed by atoms with Gasteiger partial charge in [-0.05, 0) is 35.4 Å². The molecule has 1 aromatic carbocycles. The van der Waals surface area contributed by atoms with E-state index in [1.165, 1.54) is 24.1 Å². The Kier molecular flexibility index (Phi) is 5.56. The van der Waals surface area contributed by atoms with Crippen molar-refractivity contribution in [1.29, 1.82) is 5.41 Å². The largest absolute Gasteiger partial charge is 0.404 e. The minimum atomic E-state index is -0.243. The normalized spacial score (nSPS) is 14.8. The first-order valence-electron chi connectivity index (χ1n) is 8.25. The van der Waals surface area contributed by atoms with Gasteiger partial charge in [-0.1, -0.05) is 12.1 Å². The average molecular weight is 348 g/mol. The van der Waals surface area contributed by atoms with Crippen LogP contribution in [0.2, 0.25) is 0 Å². The van der Waals surface area contributed by atoms with Gasteiger partial charge in [0.05, 0.1) is 13.2 Å². The van der Waals surface area contributed by atoms with E-state index in [4.69, 9.17) is 15.9 Å². The summed E-state index contributed by atoms with van der Waals surface area (Å²) in [5, 5.41) is 10.2. The van der Waals surface area contributed by atoms with E-state index in [9.17, 15) is 4.79 Å². The highest BCUT2D eigenvalue weighted by molar-refractivity contribution is 6.10. The molecule has 6 nitrogen and oxygen atoms in total. The van der Waals surface area contributed by atoms with Crippen molar-refractivity contribution in [2.75, 3.05) is 18.5 Å². The van der Waals surface area contributed by atoms with Gasteiger partial charge in [-0.3, -0.25) is 9.78 Å². The first kappa shape index (κ1) is 17.6. The van der Waals surface area contributed by atoms with E-state index >= 15 is 0 Å². The van der Waals surface area contributed by atoms with E-state index in [1.807, 2.05) is 24.3 Å². The van der Waals surface area contributed by atoms with Gasteiger partial charge in [0.1, 0.15) is 0 Å². The van der Waals surface area contributed by atoms with E-state index in [-0.39, 0.29) is 5.91 Å². The van der Waals surface area contributed by atoms with E-state index in [2.05, 4.69) is 10.3 Å². The molecule has 26 heavy (non-hydrogen) atoms. The molecule has 1 aliphatic heterocycles. The number of rotatable bonds is 6. The molecular weight excluding hydrogens is 328 g/mol. The predicted molar refractivity (Wildman–Crippen MR) is 103 cm³/mol. The molecule has 0 spiro atoms. The second-order valence-electron chi connectivity index (χ2n) is 5.91. The fourth-order valence-electron chi connectivity index (χ4n) is 2.63. The minimum absolute atomic E-state index is 0.243. The Morgan fingerprint density at radius 3 is 2.65 bits per heavy atom. The number of pyridine rings is 1. The lowest BCUT2D eigenvalue weighted by Crippen LogP contribution is -2.24. The van der Waals surface area contributed by atoms with Crippen LogP contribution in [-0.4, -0.2) is 30.3 Å². The van der Waals surface area contributed by atoms with Crippen LogP contribution in [0.4, 0.5) is 5.69 Å². The molecule has 1 fully saturated rings. The number of anilines is 1. The second-order valence-corrected chi connectivity index (χ2v) is 5.91. The summed E-state index contributed by atoms with van der Waals surface area (Å²) >= 11 is 0. The van der Waals surface area contributed by atoms with Crippen molar-refractivity contribution in [3.63, 3.8) is 0 Å². The van der Waals surface area contributed by atoms with Crippen LogP contribution in [0.1, 0.15) is 22.6 Å². The maximum Gasteiger partial charge on any atom is 0.248 e. The van der Waals surface area contributed by atoms with Gasteiger partial charge in [-0.2, -0.15) is 0 Å². The zero-order valence-corrected chi connectivity index (χ0v) is 14.2. The standard InChI is InChI=1S/C20H20N4O2/c21-9-16(10-22)19-7-8-23-11-15(19)3-6-20(25)24-18-4-1-14(2-5-18)17-12-26-13-17/h1-11,17,21H,12-13,22H2,(H,24,25)/b6-3+,16-10?,21-9?. The Labute approximate surface area is 151 Å². The molecule has 1 amide bonds. The van der Waals surface area contributed by atoms with Crippen LogP contribution < -0.4 is 11.1 Å². The Morgan fingerprint density at radius 2 is 2.04 bits per heavy atom. The summed E-state index contributed by atoms with van der Waals surface area (Å²) in [5.74, 6) is 0.218. The molecule has 3 rings (SSSR count). The van der Waals surface area contributed by atoms with E-state index in [0.29, 0.717) is 17.1 Å². The lowest BCUT2D eigenvalue weighted by molar-refractivity contribution is -0.111. The van der Waals surface area contributed by atoms with E-state index in [1.54, 1.807) is 24.5 Å². The maximum atomic E-state index is 12.2. The smallest absolute Gasteiger partial charge is 0.248 e. The SMILES string of the molecule is N=CC(=CN)c1ccncc1/C=C/C(=O)Nc1ccc(C2COC2)cc1. The molecule has 0 bridgehead atoms. The summed E-state index contributed by atoms with van der Waals surface area (Å²) in [5.41, 5.74) is 9.51. The molecule has 132 valence electrons. The van der Waals surface area contributed by atoms with Crippen LogP contribution in [0.25, 0.3) is 11.6 Å². The number of carbonyl (C=O) groups excluding carboxylic acids is 1. The fourth-order valence-corrected chi connectivity index (χ4v) is 2.63. The molecule has 6 heteroatoms. The lowest BCUT2D eigenvalue weighted by atomic mass is 9.97. The molecule has 0 radical (unpaired) electrons. The minimum Gasteiger partial charge on any atom is -0.404 e. The van der Waals surface area contributed by atoms with Crippen molar-refractivity contribution in [2.24, 2.45) is 5.73 Å². The number of hydrogen-bond acceptors (Lipinski definition) is 5. The molecule has 2 heterocycles. The van der Waals surface area contributed by atoms with Gasteiger partial charge in [-0.25, -0.2) is 0 Å². The third kappa shape index (κ3) is 4.04. The number of hydrogen-bond donors (Lipinski definition) is 3. The zero-order valence-electron chi connectivity index (χ0n) is 14.2. The molecular formula is C20H20N4O2. The molecule has 0 aliphatic carbocycles. The maximum absolute atomic E-state index is 12.2. The Hall–Kier alpha value is -3.25. The summed E-state index contributed by atoms with van der Waals surface area (Å²) in [7, 11) is 0. The Bertz CT molecular complexity index is 852. The summed E-state index contributed by atoms with van der Waals surface area (Å²) in [6.07, 6.45) is 8.86. The quantitative estimate of drug-likeness (QED) is 0.552. The molecule has 1 aromatic heterocycles. The predicted octanol–water partition coefficient (Wildman–Crippen LogP) is 2.80. The first-order chi connectivity index (χ1) is 12.7. The highest BCUT2D eigenvalue weighted by atomic mass is 16.5. The van der Waals surface area contributed by atoms with Crippen LogP contribution >= 0.6 is 0 Å². The first-order valence-corrected chi connectivity index (χ1v) is 8.25. The summed E-state index contributed by atoms with van der Waals surface area (Å²) in [4.78, 5) is 16.2. The van der Waals surface area contributed by atoms with Gasteiger partial charge < -0.3 is 21.2 Å². The zero-order chi connectivity index (χ0) is 18.4. The third-order valence-corrected chi connectivity index (χ3v) is 4.20. The van der Waals surface area contributed by atoms with Gasteiger partial charge >= 0.3 is 0 Å². The number of allylic oxidation sites excluding steroid dienone is 1. The van der Waals surface area contributed by atoms with Crippen molar-refractivity contribution in [3.8, 4) is 0 Å². The summed E-state index contributed by atoms with van der Waals surface area (Å²) in [6, 6.07) is 9.55. The van der Waals surface area contributed by atoms with Gasteiger partial charge in [0, 0.05) is 53.6 Å². The lowest BCUT2D eigenvalue weighted by Gasteiger charge is -2.26. The number of aromatic nitrogens is 1. The van der Waals surface area contributed by atoms with Crippen molar-refractivity contribution < 1.29 is 9.53 Å². The summed E-state index contributed by atoms with van der Waals surface area (Å²) in [6.45, 7) is 1.52.